The predicted molar refractivity (Wildman–Crippen MR) is 104 cm³/mol. The number of anilines is 2. The summed E-state index contributed by atoms with van der Waals surface area (Å²) < 4.78 is 7.90. The SMILES string of the molecule is CC(=O)Nc1ccc2c(c1)OCc1cc(-c3ccc4c(c3)NC(=O)C4)nn1C2. The number of benzene rings is 2. The van der Waals surface area contributed by atoms with E-state index in [-0.39, 0.29) is 11.8 Å². The van der Waals surface area contributed by atoms with Gasteiger partial charge in [-0.2, -0.15) is 5.10 Å². The number of hydrogen-bond acceptors (Lipinski definition) is 4. The van der Waals surface area contributed by atoms with Crippen LogP contribution in [0.15, 0.2) is 42.5 Å². The molecule has 7 heteroatoms. The van der Waals surface area contributed by atoms with Crippen molar-refractivity contribution in [3.63, 3.8) is 0 Å². The average molecular weight is 374 g/mol. The molecule has 0 fully saturated rings. The Balaban J connectivity index is 1.44. The summed E-state index contributed by atoms with van der Waals surface area (Å²) in [5, 5.41) is 10.4. The molecular formula is C21H18N4O3. The van der Waals surface area contributed by atoms with Crippen LogP contribution in [-0.4, -0.2) is 21.6 Å². The summed E-state index contributed by atoms with van der Waals surface area (Å²) in [4.78, 5) is 22.8. The van der Waals surface area contributed by atoms with Crippen LogP contribution in [0.1, 0.15) is 23.7 Å². The Kier molecular flexibility index (Phi) is 3.68. The van der Waals surface area contributed by atoms with Crippen LogP contribution >= 0.6 is 0 Å². The van der Waals surface area contributed by atoms with E-state index < -0.39 is 0 Å². The zero-order valence-corrected chi connectivity index (χ0v) is 15.3. The zero-order valence-electron chi connectivity index (χ0n) is 15.3. The highest BCUT2D eigenvalue weighted by Crippen LogP contribution is 2.32. The van der Waals surface area contributed by atoms with E-state index in [1.807, 2.05) is 47.1 Å². The Morgan fingerprint density at radius 1 is 1.18 bits per heavy atom. The molecule has 1 aromatic heterocycles. The molecule has 0 atom stereocenters. The number of carbonyl (C=O) groups excluding carboxylic acids is 2. The molecular weight excluding hydrogens is 356 g/mol. The van der Waals surface area contributed by atoms with Crippen LogP contribution in [0.25, 0.3) is 11.3 Å². The number of amides is 2. The fraction of sp³-hybridized carbons (Fsp3) is 0.190. The predicted octanol–water partition coefficient (Wildman–Crippen LogP) is 2.94. The lowest BCUT2D eigenvalue weighted by atomic mass is 10.1. The fourth-order valence-corrected chi connectivity index (χ4v) is 3.64. The van der Waals surface area contributed by atoms with Gasteiger partial charge in [0.15, 0.2) is 0 Å². The molecule has 2 aliphatic heterocycles. The van der Waals surface area contributed by atoms with Crippen molar-refractivity contribution in [1.82, 2.24) is 9.78 Å². The second-order valence-electron chi connectivity index (χ2n) is 7.07. The number of fused-ring (bicyclic) bond motifs is 3. The van der Waals surface area contributed by atoms with Crippen molar-refractivity contribution in [3.05, 3.63) is 59.3 Å². The number of carbonyl (C=O) groups is 2. The van der Waals surface area contributed by atoms with Crippen molar-refractivity contribution in [2.24, 2.45) is 0 Å². The van der Waals surface area contributed by atoms with Crippen LogP contribution < -0.4 is 15.4 Å². The van der Waals surface area contributed by atoms with Crippen LogP contribution in [0.4, 0.5) is 11.4 Å². The second kappa shape index (κ2) is 6.23. The lowest BCUT2D eigenvalue weighted by Gasteiger charge is -2.09. The van der Waals surface area contributed by atoms with E-state index in [4.69, 9.17) is 9.84 Å². The van der Waals surface area contributed by atoms with Crippen molar-refractivity contribution >= 4 is 23.2 Å². The molecule has 140 valence electrons. The summed E-state index contributed by atoms with van der Waals surface area (Å²) in [7, 11) is 0. The molecule has 5 rings (SSSR count). The third kappa shape index (κ3) is 2.90. The van der Waals surface area contributed by atoms with Gasteiger partial charge in [0.05, 0.1) is 24.4 Å². The van der Waals surface area contributed by atoms with Gasteiger partial charge >= 0.3 is 0 Å². The minimum Gasteiger partial charge on any atom is -0.487 e. The fourth-order valence-electron chi connectivity index (χ4n) is 3.64. The van der Waals surface area contributed by atoms with Crippen molar-refractivity contribution < 1.29 is 14.3 Å². The molecule has 7 nitrogen and oxygen atoms in total. The topological polar surface area (TPSA) is 85.2 Å². The number of rotatable bonds is 2. The lowest BCUT2D eigenvalue weighted by molar-refractivity contribution is -0.115. The molecule has 0 bridgehead atoms. The van der Waals surface area contributed by atoms with Crippen molar-refractivity contribution in [2.75, 3.05) is 10.6 Å². The van der Waals surface area contributed by atoms with E-state index >= 15 is 0 Å². The summed E-state index contributed by atoms with van der Waals surface area (Å²) in [6.45, 7) is 2.46. The van der Waals surface area contributed by atoms with Gasteiger partial charge in [-0.05, 0) is 23.8 Å². The Hall–Kier alpha value is -3.61. The summed E-state index contributed by atoms with van der Waals surface area (Å²) >= 11 is 0. The van der Waals surface area contributed by atoms with E-state index in [9.17, 15) is 9.59 Å². The number of nitrogens with one attached hydrogen (secondary N) is 2. The first kappa shape index (κ1) is 16.6. The summed E-state index contributed by atoms with van der Waals surface area (Å²) in [5.74, 6) is 0.659. The Bertz CT molecular complexity index is 1130. The van der Waals surface area contributed by atoms with E-state index in [1.165, 1.54) is 6.92 Å². The van der Waals surface area contributed by atoms with E-state index in [0.717, 1.165) is 39.5 Å². The number of aromatic nitrogens is 2. The Morgan fingerprint density at radius 2 is 2.04 bits per heavy atom. The molecule has 0 aliphatic carbocycles. The molecule has 3 aromatic rings. The molecule has 0 spiro atoms. The van der Waals surface area contributed by atoms with Crippen LogP contribution in [0.5, 0.6) is 5.75 Å². The van der Waals surface area contributed by atoms with Gasteiger partial charge in [-0.15, -0.1) is 0 Å². The lowest BCUT2D eigenvalue weighted by Crippen LogP contribution is -2.06. The van der Waals surface area contributed by atoms with Gasteiger partial charge in [-0.25, -0.2) is 0 Å². The molecule has 0 unspecified atom stereocenters. The van der Waals surface area contributed by atoms with Gasteiger partial charge in [0, 0.05) is 35.5 Å². The third-order valence-corrected chi connectivity index (χ3v) is 4.98. The van der Waals surface area contributed by atoms with Gasteiger partial charge in [-0.1, -0.05) is 18.2 Å². The molecule has 2 aromatic carbocycles. The molecule has 0 saturated carbocycles. The maximum absolute atomic E-state index is 11.6. The zero-order chi connectivity index (χ0) is 19.3. The van der Waals surface area contributed by atoms with Crippen LogP contribution in [0.3, 0.4) is 0 Å². The molecule has 2 aliphatic rings. The highest BCUT2D eigenvalue weighted by Gasteiger charge is 2.21. The average Bonchev–Trinajstić information content (AvgIpc) is 3.18. The smallest absolute Gasteiger partial charge is 0.228 e. The first-order valence-corrected chi connectivity index (χ1v) is 9.08. The van der Waals surface area contributed by atoms with Gasteiger partial charge in [0.1, 0.15) is 12.4 Å². The quantitative estimate of drug-likeness (QED) is 0.722. The number of nitrogens with zero attached hydrogens (tertiary/aromatic N) is 2. The summed E-state index contributed by atoms with van der Waals surface area (Å²) in [6, 6.07) is 13.6. The van der Waals surface area contributed by atoms with Crippen molar-refractivity contribution in [1.29, 1.82) is 0 Å². The molecule has 0 saturated heterocycles. The van der Waals surface area contributed by atoms with Gasteiger partial charge < -0.3 is 15.4 Å². The van der Waals surface area contributed by atoms with Gasteiger partial charge in [-0.3, -0.25) is 14.3 Å². The molecule has 3 heterocycles. The number of hydrogen-bond donors (Lipinski definition) is 2. The minimum atomic E-state index is -0.114. The first-order valence-electron chi connectivity index (χ1n) is 9.08. The Labute approximate surface area is 161 Å². The van der Waals surface area contributed by atoms with Gasteiger partial charge in [0.25, 0.3) is 0 Å². The summed E-state index contributed by atoms with van der Waals surface area (Å²) in [5.41, 5.74) is 6.37. The van der Waals surface area contributed by atoms with E-state index in [2.05, 4.69) is 10.6 Å². The highest BCUT2D eigenvalue weighted by molar-refractivity contribution is 5.99. The van der Waals surface area contributed by atoms with Crippen molar-refractivity contribution in [3.8, 4) is 17.0 Å². The highest BCUT2D eigenvalue weighted by atomic mass is 16.5. The number of ether oxygens (including phenoxy) is 1. The maximum atomic E-state index is 11.6. The van der Waals surface area contributed by atoms with E-state index in [1.54, 1.807) is 0 Å². The molecule has 2 N–H and O–H groups in total. The van der Waals surface area contributed by atoms with Crippen LogP contribution in [0.2, 0.25) is 0 Å². The molecule has 2 amide bonds. The molecule has 0 radical (unpaired) electrons. The normalized spacial score (nSPS) is 14.2. The third-order valence-electron chi connectivity index (χ3n) is 4.98. The maximum Gasteiger partial charge on any atom is 0.228 e. The molecule has 28 heavy (non-hydrogen) atoms. The van der Waals surface area contributed by atoms with Crippen LogP contribution in [-0.2, 0) is 29.2 Å². The first-order chi connectivity index (χ1) is 13.5. The largest absolute Gasteiger partial charge is 0.487 e. The monoisotopic (exact) mass is 374 g/mol. The van der Waals surface area contributed by atoms with Crippen molar-refractivity contribution in [2.45, 2.75) is 26.5 Å². The Morgan fingerprint density at radius 3 is 2.89 bits per heavy atom. The van der Waals surface area contributed by atoms with E-state index in [0.29, 0.717) is 25.3 Å². The van der Waals surface area contributed by atoms with Gasteiger partial charge in [0.2, 0.25) is 11.8 Å². The van der Waals surface area contributed by atoms with Crippen LogP contribution in [0, 0.1) is 0 Å². The standard InChI is InChI=1S/C21H18N4O3/c1-12(26)22-16-5-4-15-10-25-17(11-28-20(15)8-16)9-19(24-25)13-2-3-14-7-21(27)23-18(14)6-13/h2-6,8-9H,7,10-11H2,1H3,(H,22,26)(H,23,27). The summed E-state index contributed by atoms with van der Waals surface area (Å²) in [6.07, 6.45) is 0.431. The minimum absolute atomic E-state index is 0.0245. The second-order valence-corrected chi connectivity index (χ2v) is 7.07.